The Balaban J connectivity index is 1.98. The molecule has 2 saturated heterocycles. The molecular weight excluding hydrogens is 502 g/mol. The van der Waals surface area contributed by atoms with Crippen LogP contribution in [0.5, 0.6) is 0 Å². The van der Waals surface area contributed by atoms with Gasteiger partial charge < -0.3 is 80.2 Å². The molecule has 0 saturated carbocycles. The van der Waals surface area contributed by atoms with E-state index in [0.29, 0.717) is 0 Å². The lowest BCUT2D eigenvalue weighted by molar-refractivity contribution is -0.333. The molecule has 0 aromatic heterocycles. The van der Waals surface area contributed by atoms with Crippen LogP contribution in [0.15, 0.2) is 0 Å². The monoisotopic (exact) mass is 535 g/mol. The van der Waals surface area contributed by atoms with Gasteiger partial charge in [0.1, 0.15) is 67.1 Å². The smallest absolute Gasteiger partial charge is 0.353 e. The third kappa shape index (κ3) is 6.63. The van der Waals surface area contributed by atoms with Crippen LogP contribution in [0.25, 0.3) is 0 Å². The average molecular weight is 535 g/mol. The molecule has 0 aromatic carbocycles. The first-order valence-electron chi connectivity index (χ1n) is 10.7. The van der Waals surface area contributed by atoms with Gasteiger partial charge in [-0.25, -0.2) is 4.79 Å². The molecule has 2 rings (SSSR count). The first-order chi connectivity index (χ1) is 16.6. The highest BCUT2D eigenvalue weighted by atomic mass is 16.7. The van der Waals surface area contributed by atoms with Gasteiger partial charge in [0.25, 0.3) is 0 Å². The first kappa shape index (κ1) is 31.1. The number of aliphatic hydroxyl groups excluding tert-OH is 10. The van der Waals surface area contributed by atoms with Gasteiger partial charge in [-0.15, -0.1) is 0 Å². The molecule has 0 bridgehead atoms. The molecule has 0 aliphatic carbocycles. The van der Waals surface area contributed by atoms with Gasteiger partial charge in [-0.2, -0.15) is 0 Å². The molecule has 14 N–H and O–H groups in total. The van der Waals surface area contributed by atoms with Gasteiger partial charge in [0.2, 0.25) is 5.72 Å². The normalized spacial score (nSPS) is 41.8. The van der Waals surface area contributed by atoms with Gasteiger partial charge in [-0.1, -0.05) is 0 Å². The average Bonchev–Trinajstić information content (AvgIpc) is 2.84. The van der Waals surface area contributed by atoms with Crippen molar-refractivity contribution in [1.29, 1.82) is 0 Å². The van der Waals surface area contributed by atoms with Crippen molar-refractivity contribution in [3.05, 3.63) is 0 Å². The minimum atomic E-state index is -3.33. The summed E-state index contributed by atoms with van der Waals surface area (Å²) >= 11 is 0. The van der Waals surface area contributed by atoms with E-state index in [1.54, 1.807) is 0 Å². The Morgan fingerprint density at radius 2 is 1.31 bits per heavy atom. The molecule has 0 spiro atoms. The number of nitrogens with two attached hydrogens (primary N) is 1. The number of hydrogen-bond donors (Lipinski definition) is 13. The Morgan fingerprint density at radius 3 is 1.81 bits per heavy atom. The van der Waals surface area contributed by atoms with E-state index in [1.165, 1.54) is 0 Å². The highest BCUT2D eigenvalue weighted by Crippen LogP contribution is 2.26. The van der Waals surface area contributed by atoms with Crippen molar-refractivity contribution in [3.8, 4) is 0 Å². The minimum Gasteiger partial charge on any atom is -0.478 e. The maximum atomic E-state index is 10.9. The van der Waals surface area contributed by atoms with Gasteiger partial charge in [-0.3, -0.25) is 5.73 Å². The van der Waals surface area contributed by atoms with Gasteiger partial charge in [-0.05, 0) is 0 Å². The van der Waals surface area contributed by atoms with Crippen molar-refractivity contribution in [1.82, 2.24) is 0 Å². The summed E-state index contributed by atoms with van der Waals surface area (Å²) in [5, 5.41) is 117. The lowest BCUT2D eigenvalue weighted by Gasteiger charge is -2.42. The summed E-state index contributed by atoms with van der Waals surface area (Å²) in [6.45, 7) is -2.35. The fraction of sp³-hybridized carbons (Fsp3) is 0.944. The lowest BCUT2D eigenvalue weighted by Crippen LogP contribution is -2.64. The third-order valence-electron chi connectivity index (χ3n) is 5.88. The molecule has 36 heavy (non-hydrogen) atoms. The second kappa shape index (κ2) is 12.6. The van der Waals surface area contributed by atoms with Crippen LogP contribution in [0.2, 0.25) is 0 Å². The summed E-state index contributed by atoms with van der Waals surface area (Å²) in [6, 6.07) is 0. The van der Waals surface area contributed by atoms with Gasteiger partial charge >= 0.3 is 5.97 Å². The molecule has 212 valence electrons. The van der Waals surface area contributed by atoms with Crippen LogP contribution in [0.3, 0.4) is 0 Å². The molecule has 0 unspecified atom stereocenters. The SMILES string of the molecule is N[C@](O)(C(=O)O)[C@@H](O)[C@H](O)[C@H](O)CO[C@H]1O[C@H](CO[C@H]2O[C@H](CO)[C@@H](O)[C@H](O)[C@H]2O)[C@@H](O)[C@H](O)[C@H]1O. The number of hydrogen-bond acceptors (Lipinski definition) is 17. The quantitative estimate of drug-likeness (QED) is 0.109. The minimum absolute atomic E-state index is 0.657. The summed E-state index contributed by atoms with van der Waals surface area (Å²) in [5.74, 6) is -2.10. The second-order valence-corrected chi connectivity index (χ2v) is 8.51. The molecule has 2 aliphatic rings. The summed E-state index contributed by atoms with van der Waals surface area (Å²) in [5.41, 5.74) is 1.65. The summed E-state index contributed by atoms with van der Waals surface area (Å²) in [6.07, 6.45) is -24.0. The largest absolute Gasteiger partial charge is 0.478 e. The first-order valence-corrected chi connectivity index (χ1v) is 10.7. The molecule has 14 atom stereocenters. The number of carboxylic acid groups (broad SMARTS) is 1. The number of ether oxygens (including phenoxy) is 4. The molecule has 0 aromatic rings. The molecule has 0 radical (unpaired) electrons. The van der Waals surface area contributed by atoms with E-state index in [9.17, 15) is 61.0 Å². The molecule has 2 aliphatic heterocycles. The molecule has 0 amide bonds. The highest BCUT2D eigenvalue weighted by Gasteiger charge is 2.49. The summed E-state index contributed by atoms with van der Waals surface area (Å²) < 4.78 is 20.7. The molecule has 2 fully saturated rings. The van der Waals surface area contributed by atoms with Crippen molar-refractivity contribution in [2.45, 2.75) is 85.4 Å². The second-order valence-electron chi connectivity index (χ2n) is 8.51. The number of carboxylic acids is 1. The van der Waals surface area contributed by atoms with E-state index in [1.807, 2.05) is 0 Å². The maximum Gasteiger partial charge on any atom is 0.353 e. The zero-order valence-corrected chi connectivity index (χ0v) is 18.6. The molecule has 18 nitrogen and oxygen atoms in total. The van der Waals surface area contributed by atoms with Crippen LogP contribution in [-0.2, 0) is 23.7 Å². The predicted octanol–water partition coefficient (Wildman–Crippen LogP) is -8.56. The van der Waals surface area contributed by atoms with Crippen LogP contribution in [0.1, 0.15) is 0 Å². The zero-order chi connectivity index (χ0) is 27.5. The predicted molar refractivity (Wildman–Crippen MR) is 107 cm³/mol. The maximum absolute atomic E-state index is 10.9. The van der Waals surface area contributed by atoms with Crippen molar-refractivity contribution in [2.24, 2.45) is 5.73 Å². The Morgan fingerprint density at radius 1 is 0.833 bits per heavy atom. The van der Waals surface area contributed by atoms with E-state index in [-0.39, 0.29) is 0 Å². The van der Waals surface area contributed by atoms with E-state index < -0.39 is 111 Å². The van der Waals surface area contributed by atoms with Gasteiger partial charge in [0.05, 0.1) is 19.8 Å². The standard InChI is InChI=1S/C18H33NO17/c19-18(32,17(30)31)14(29)7(22)4(21)2-33-15-13(28)11(26)9(24)6(36-15)3-34-16-12(27)10(25)8(23)5(1-20)35-16/h4-16,20-29,32H,1-3,19H2,(H,30,31)/t4-,5-,6-,7-,8-,9-,10+,11+,12-,13-,14+,15+,16+,18-/m1/s1. The van der Waals surface area contributed by atoms with Crippen molar-refractivity contribution >= 4 is 5.97 Å². The Labute approximate surface area is 202 Å². The topological polar surface area (TPSA) is 323 Å². The third-order valence-corrected chi connectivity index (χ3v) is 5.88. The van der Waals surface area contributed by atoms with E-state index in [2.05, 4.69) is 0 Å². The van der Waals surface area contributed by atoms with E-state index in [0.717, 1.165) is 0 Å². The number of carbonyl (C=O) groups is 1. The summed E-state index contributed by atoms with van der Waals surface area (Å²) in [4.78, 5) is 10.9. The fourth-order valence-corrected chi connectivity index (χ4v) is 3.48. The van der Waals surface area contributed by atoms with Crippen LogP contribution in [-0.4, -0.2) is 173 Å². The highest BCUT2D eigenvalue weighted by molar-refractivity contribution is 5.77. The van der Waals surface area contributed by atoms with Crippen LogP contribution >= 0.6 is 0 Å². The number of aliphatic hydroxyl groups is 11. The van der Waals surface area contributed by atoms with Crippen molar-refractivity contribution in [3.63, 3.8) is 0 Å². The number of rotatable bonds is 11. The fourth-order valence-electron chi connectivity index (χ4n) is 3.48. The Kier molecular flexibility index (Phi) is 10.9. The zero-order valence-electron chi connectivity index (χ0n) is 18.6. The Bertz CT molecular complexity index is 711. The van der Waals surface area contributed by atoms with E-state index >= 15 is 0 Å². The van der Waals surface area contributed by atoms with Gasteiger partial charge in [0.15, 0.2) is 12.6 Å². The van der Waals surface area contributed by atoms with Crippen LogP contribution < -0.4 is 5.73 Å². The van der Waals surface area contributed by atoms with Gasteiger partial charge in [0, 0.05) is 0 Å². The van der Waals surface area contributed by atoms with E-state index in [4.69, 9.17) is 29.8 Å². The number of aliphatic carboxylic acids is 1. The molecule has 18 heteroatoms. The van der Waals surface area contributed by atoms with Crippen LogP contribution in [0, 0.1) is 0 Å². The van der Waals surface area contributed by atoms with Crippen molar-refractivity contribution in [2.75, 3.05) is 19.8 Å². The Hall–Kier alpha value is -1.17. The molecule has 2 heterocycles. The lowest BCUT2D eigenvalue weighted by atomic mass is 9.98. The van der Waals surface area contributed by atoms with Crippen LogP contribution in [0.4, 0.5) is 0 Å². The summed E-state index contributed by atoms with van der Waals surface area (Å²) in [7, 11) is 0. The molecular formula is C18H33NO17. The van der Waals surface area contributed by atoms with Crippen molar-refractivity contribution < 1.29 is 85.0 Å².